The van der Waals surface area contributed by atoms with Gasteiger partial charge in [-0.15, -0.1) is 22.7 Å². The topological polar surface area (TPSA) is 65.1 Å². The number of nitrogens with two attached hydrogens (primary N) is 1. The normalized spacial score (nSPS) is 12.3. The minimum absolute atomic E-state index is 0.243. The number of hydrogen-bond donors (Lipinski definition) is 1. The zero-order valence-corrected chi connectivity index (χ0v) is 13.5. The van der Waals surface area contributed by atoms with E-state index in [2.05, 4.69) is 0 Å². The summed E-state index contributed by atoms with van der Waals surface area (Å²) in [5.74, 6) is 0. The Morgan fingerprint density at radius 1 is 1.30 bits per heavy atom. The molecule has 2 N–H and O–H groups in total. The summed E-state index contributed by atoms with van der Waals surface area (Å²) in [7, 11) is -3.59. The Balaban J connectivity index is 2.21. The minimum atomic E-state index is -3.59. The highest BCUT2D eigenvalue weighted by molar-refractivity contribution is 7.92. The van der Waals surface area contributed by atoms with Crippen molar-refractivity contribution < 1.29 is 8.42 Å². The summed E-state index contributed by atoms with van der Waals surface area (Å²) in [6.45, 7) is 0.486. The molecular weight excluding hydrogens is 336 g/mol. The third kappa shape index (κ3) is 2.19. The summed E-state index contributed by atoms with van der Waals surface area (Å²) in [6.07, 6.45) is 2.32. The Hall–Kier alpha value is -0.860. The van der Waals surface area contributed by atoms with E-state index in [1.807, 2.05) is 11.4 Å². The van der Waals surface area contributed by atoms with Crippen LogP contribution in [0.15, 0.2) is 34.0 Å². The monoisotopic (exact) mass is 346 g/mol. The van der Waals surface area contributed by atoms with Crippen molar-refractivity contribution in [1.82, 2.24) is 3.97 Å². The van der Waals surface area contributed by atoms with Crippen LogP contribution in [-0.4, -0.2) is 18.9 Å². The molecule has 0 aliphatic carbocycles. The fourth-order valence-corrected chi connectivity index (χ4v) is 6.15. The van der Waals surface area contributed by atoms with Gasteiger partial charge in [0, 0.05) is 11.6 Å². The summed E-state index contributed by atoms with van der Waals surface area (Å²) >= 11 is 8.30. The molecule has 3 aromatic heterocycles. The highest BCUT2D eigenvalue weighted by Gasteiger charge is 2.23. The first-order chi connectivity index (χ1) is 9.54. The van der Waals surface area contributed by atoms with E-state index in [0.29, 0.717) is 17.3 Å². The Morgan fingerprint density at radius 3 is 2.75 bits per heavy atom. The molecule has 0 aromatic carbocycles. The third-order valence-corrected chi connectivity index (χ3v) is 7.33. The molecule has 0 saturated carbocycles. The first-order valence-electron chi connectivity index (χ1n) is 5.82. The molecule has 3 rings (SSSR count). The van der Waals surface area contributed by atoms with Gasteiger partial charge in [0.1, 0.15) is 9.04 Å². The van der Waals surface area contributed by atoms with Crippen molar-refractivity contribution in [3.8, 4) is 0 Å². The maximum atomic E-state index is 12.7. The molecule has 0 spiro atoms. The summed E-state index contributed by atoms with van der Waals surface area (Å²) in [4.78, 5) is 0.720. The van der Waals surface area contributed by atoms with Crippen molar-refractivity contribution >= 4 is 54.5 Å². The molecule has 0 radical (unpaired) electrons. The van der Waals surface area contributed by atoms with Crippen LogP contribution in [0.4, 0.5) is 0 Å². The molecule has 3 heterocycles. The van der Waals surface area contributed by atoms with Gasteiger partial charge in [-0.05, 0) is 42.1 Å². The highest BCUT2D eigenvalue weighted by Crippen LogP contribution is 2.33. The zero-order valence-electron chi connectivity index (χ0n) is 10.2. The van der Waals surface area contributed by atoms with Crippen molar-refractivity contribution in [3.05, 3.63) is 39.7 Å². The van der Waals surface area contributed by atoms with E-state index in [4.69, 9.17) is 17.3 Å². The van der Waals surface area contributed by atoms with Crippen molar-refractivity contribution in [2.24, 2.45) is 5.73 Å². The van der Waals surface area contributed by atoms with Gasteiger partial charge < -0.3 is 5.73 Å². The van der Waals surface area contributed by atoms with Crippen LogP contribution in [0, 0.1) is 0 Å². The number of fused-ring (bicyclic) bond motifs is 1. The lowest BCUT2D eigenvalue weighted by atomic mass is 10.2. The zero-order chi connectivity index (χ0) is 14.3. The van der Waals surface area contributed by atoms with Crippen molar-refractivity contribution in [2.45, 2.75) is 10.6 Å². The average Bonchev–Trinajstić information content (AvgIpc) is 3.06. The molecular formula is C12H11ClN2O2S3. The molecule has 0 aliphatic rings. The van der Waals surface area contributed by atoms with Crippen LogP contribution in [0.5, 0.6) is 0 Å². The summed E-state index contributed by atoms with van der Waals surface area (Å²) in [5.41, 5.74) is 6.54. The van der Waals surface area contributed by atoms with Gasteiger partial charge in [0.15, 0.2) is 0 Å². The number of aromatic nitrogens is 1. The quantitative estimate of drug-likeness (QED) is 0.789. The van der Waals surface area contributed by atoms with Crippen molar-refractivity contribution in [2.75, 3.05) is 6.54 Å². The summed E-state index contributed by atoms with van der Waals surface area (Å²) < 4.78 is 27.4. The van der Waals surface area contributed by atoms with Gasteiger partial charge in [-0.3, -0.25) is 0 Å². The number of halogens is 1. The second-order valence-electron chi connectivity index (χ2n) is 4.19. The standard InChI is InChI=1S/C12H11ClN2O2S3/c13-10-1-2-11(19-10)20(16,17)15-7-8(3-5-14)9-4-6-18-12(9)15/h1-2,4,6-7H,3,5,14H2. The van der Waals surface area contributed by atoms with E-state index in [1.54, 1.807) is 12.3 Å². The van der Waals surface area contributed by atoms with Crippen molar-refractivity contribution in [1.29, 1.82) is 0 Å². The smallest absolute Gasteiger partial charge is 0.278 e. The Bertz CT molecular complexity index is 860. The van der Waals surface area contributed by atoms with Crippen LogP contribution >= 0.6 is 34.3 Å². The molecule has 106 valence electrons. The molecule has 4 nitrogen and oxygen atoms in total. The Kier molecular flexibility index (Phi) is 3.64. The highest BCUT2D eigenvalue weighted by atomic mass is 35.5. The molecule has 8 heteroatoms. The maximum absolute atomic E-state index is 12.7. The van der Waals surface area contributed by atoms with Crippen LogP contribution < -0.4 is 5.73 Å². The second-order valence-corrected chi connectivity index (χ2v) is 8.84. The van der Waals surface area contributed by atoms with Gasteiger partial charge in [-0.2, -0.15) is 8.42 Å². The second kappa shape index (κ2) is 5.16. The Morgan fingerprint density at radius 2 is 2.10 bits per heavy atom. The molecule has 0 atom stereocenters. The lowest BCUT2D eigenvalue weighted by molar-refractivity contribution is 0.591. The minimum Gasteiger partial charge on any atom is -0.330 e. The predicted octanol–water partition coefficient (Wildman–Crippen LogP) is 3.16. The van der Waals surface area contributed by atoms with Crippen LogP contribution in [0.1, 0.15) is 5.56 Å². The van der Waals surface area contributed by atoms with Gasteiger partial charge in [0.05, 0.1) is 4.34 Å². The molecule has 3 aromatic rings. The Labute approximate surface area is 129 Å². The number of nitrogens with zero attached hydrogens (tertiary/aromatic N) is 1. The van der Waals surface area contributed by atoms with E-state index < -0.39 is 10.0 Å². The molecule has 20 heavy (non-hydrogen) atoms. The van der Waals surface area contributed by atoms with E-state index in [9.17, 15) is 8.42 Å². The first kappa shape index (κ1) is 14.1. The predicted molar refractivity (Wildman–Crippen MR) is 84.5 cm³/mol. The van der Waals surface area contributed by atoms with Gasteiger partial charge in [0.25, 0.3) is 10.0 Å². The molecule has 0 aliphatic heterocycles. The van der Waals surface area contributed by atoms with E-state index in [-0.39, 0.29) is 4.21 Å². The maximum Gasteiger partial charge on any atom is 0.278 e. The summed E-state index contributed by atoms with van der Waals surface area (Å²) in [5, 5.41) is 2.84. The SMILES string of the molecule is NCCc1cn(S(=O)(=O)c2ccc(Cl)s2)c2sccc12. The largest absolute Gasteiger partial charge is 0.330 e. The lowest BCUT2D eigenvalue weighted by Crippen LogP contribution is -2.10. The van der Waals surface area contributed by atoms with Gasteiger partial charge in [0.2, 0.25) is 0 Å². The van der Waals surface area contributed by atoms with Crippen molar-refractivity contribution in [3.63, 3.8) is 0 Å². The van der Waals surface area contributed by atoms with Gasteiger partial charge in [-0.1, -0.05) is 11.6 Å². The lowest BCUT2D eigenvalue weighted by Gasteiger charge is -2.03. The molecule has 0 saturated heterocycles. The van der Waals surface area contributed by atoms with E-state index in [1.165, 1.54) is 21.4 Å². The third-order valence-electron chi connectivity index (χ3n) is 2.94. The summed E-state index contributed by atoms with van der Waals surface area (Å²) in [6, 6.07) is 5.05. The molecule has 0 amide bonds. The van der Waals surface area contributed by atoms with Crippen LogP contribution in [0.2, 0.25) is 4.34 Å². The molecule has 0 bridgehead atoms. The first-order valence-corrected chi connectivity index (χ1v) is 9.34. The number of rotatable bonds is 4. The number of hydrogen-bond acceptors (Lipinski definition) is 5. The van der Waals surface area contributed by atoms with E-state index in [0.717, 1.165) is 27.1 Å². The van der Waals surface area contributed by atoms with Gasteiger partial charge in [-0.25, -0.2) is 3.97 Å². The molecule has 0 fully saturated rings. The van der Waals surface area contributed by atoms with Gasteiger partial charge >= 0.3 is 0 Å². The fourth-order valence-electron chi connectivity index (χ4n) is 2.05. The molecule has 0 unspecified atom stereocenters. The van der Waals surface area contributed by atoms with Crippen LogP contribution in [0.25, 0.3) is 10.2 Å². The van der Waals surface area contributed by atoms with Crippen LogP contribution in [0.3, 0.4) is 0 Å². The number of thiophene rings is 2. The van der Waals surface area contributed by atoms with E-state index >= 15 is 0 Å². The van der Waals surface area contributed by atoms with Crippen LogP contribution in [-0.2, 0) is 16.4 Å². The fraction of sp³-hybridized carbons (Fsp3) is 0.167. The average molecular weight is 347 g/mol.